The molecule has 0 bridgehead atoms. The highest BCUT2D eigenvalue weighted by Gasteiger charge is 2.14. The third-order valence-corrected chi connectivity index (χ3v) is 2.82. The summed E-state index contributed by atoms with van der Waals surface area (Å²) in [7, 11) is 1.54. The SMILES string of the molecule is CCN(Cc1ccncc1)c1ncnc(OC)c1N. The van der Waals surface area contributed by atoms with Gasteiger partial charge in [0.15, 0.2) is 5.82 Å². The topological polar surface area (TPSA) is 77.2 Å². The van der Waals surface area contributed by atoms with Gasteiger partial charge >= 0.3 is 0 Å². The quantitative estimate of drug-likeness (QED) is 0.876. The number of methoxy groups -OCH3 is 1. The van der Waals surface area contributed by atoms with Crippen LogP contribution in [0.25, 0.3) is 0 Å². The molecule has 100 valence electrons. The number of pyridine rings is 1. The average Bonchev–Trinajstić information content (AvgIpc) is 2.46. The van der Waals surface area contributed by atoms with Crippen LogP contribution in [-0.4, -0.2) is 28.6 Å². The molecule has 0 atom stereocenters. The molecule has 6 nitrogen and oxygen atoms in total. The van der Waals surface area contributed by atoms with Gasteiger partial charge in [0.05, 0.1) is 7.11 Å². The van der Waals surface area contributed by atoms with Crippen molar-refractivity contribution in [1.29, 1.82) is 0 Å². The van der Waals surface area contributed by atoms with E-state index in [4.69, 9.17) is 10.5 Å². The molecule has 0 saturated carbocycles. The second-order valence-corrected chi connectivity index (χ2v) is 3.99. The molecule has 0 radical (unpaired) electrons. The lowest BCUT2D eigenvalue weighted by Crippen LogP contribution is -2.24. The number of nitrogens with two attached hydrogens (primary N) is 1. The van der Waals surface area contributed by atoms with Crippen molar-refractivity contribution in [2.45, 2.75) is 13.5 Å². The van der Waals surface area contributed by atoms with Crippen molar-refractivity contribution >= 4 is 11.5 Å². The van der Waals surface area contributed by atoms with Gasteiger partial charge in [-0.1, -0.05) is 0 Å². The van der Waals surface area contributed by atoms with Crippen LogP contribution in [0.5, 0.6) is 5.88 Å². The molecule has 0 aliphatic carbocycles. The van der Waals surface area contributed by atoms with Crippen LogP contribution in [0.15, 0.2) is 30.9 Å². The first-order valence-corrected chi connectivity index (χ1v) is 6.04. The van der Waals surface area contributed by atoms with Crippen LogP contribution in [0.3, 0.4) is 0 Å². The average molecular weight is 259 g/mol. The van der Waals surface area contributed by atoms with E-state index in [9.17, 15) is 0 Å². The minimum absolute atomic E-state index is 0.401. The Kier molecular flexibility index (Phi) is 4.12. The molecule has 6 heteroatoms. The largest absolute Gasteiger partial charge is 0.479 e. The van der Waals surface area contributed by atoms with Crippen molar-refractivity contribution in [3.63, 3.8) is 0 Å². The molecular formula is C13H17N5O. The zero-order valence-electron chi connectivity index (χ0n) is 11.1. The normalized spacial score (nSPS) is 10.2. The van der Waals surface area contributed by atoms with E-state index >= 15 is 0 Å². The maximum atomic E-state index is 6.02. The van der Waals surface area contributed by atoms with Gasteiger partial charge in [-0.15, -0.1) is 0 Å². The molecule has 2 aromatic heterocycles. The first kappa shape index (κ1) is 13.1. The van der Waals surface area contributed by atoms with Crippen LogP contribution in [0, 0.1) is 0 Å². The van der Waals surface area contributed by atoms with E-state index in [0.29, 0.717) is 23.9 Å². The zero-order valence-corrected chi connectivity index (χ0v) is 11.1. The maximum absolute atomic E-state index is 6.02. The Morgan fingerprint density at radius 3 is 2.63 bits per heavy atom. The highest BCUT2D eigenvalue weighted by Crippen LogP contribution is 2.28. The molecule has 19 heavy (non-hydrogen) atoms. The summed E-state index contributed by atoms with van der Waals surface area (Å²) in [6, 6.07) is 3.94. The van der Waals surface area contributed by atoms with Crippen molar-refractivity contribution in [1.82, 2.24) is 15.0 Å². The Labute approximate surface area is 112 Å². The fourth-order valence-electron chi connectivity index (χ4n) is 1.83. The zero-order chi connectivity index (χ0) is 13.7. The number of hydrogen-bond donors (Lipinski definition) is 1. The molecule has 2 heterocycles. The van der Waals surface area contributed by atoms with Crippen LogP contribution < -0.4 is 15.4 Å². The molecule has 0 fully saturated rings. The summed E-state index contributed by atoms with van der Waals surface area (Å²) in [5.74, 6) is 1.09. The van der Waals surface area contributed by atoms with Gasteiger partial charge in [0.2, 0.25) is 5.88 Å². The molecule has 0 aliphatic rings. The third-order valence-electron chi connectivity index (χ3n) is 2.82. The van der Waals surface area contributed by atoms with Gasteiger partial charge in [0.25, 0.3) is 0 Å². The summed E-state index contributed by atoms with van der Waals surface area (Å²) < 4.78 is 5.12. The number of hydrogen-bond acceptors (Lipinski definition) is 6. The summed E-state index contributed by atoms with van der Waals surface area (Å²) in [5.41, 5.74) is 7.63. The molecule has 0 unspecified atom stereocenters. The molecule has 0 amide bonds. The molecule has 0 spiro atoms. The van der Waals surface area contributed by atoms with Crippen molar-refractivity contribution < 1.29 is 4.74 Å². The number of ether oxygens (including phenoxy) is 1. The highest BCUT2D eigenvalue weighted by molar-refractivity contribution is 5.67. The molecule has 0 aromatic carbocycles. The summed E-state index contributed by atoms with van der Waals surface area (Å²) in [6.07, 6.45) is 5.00. The molecule has 0 aliphatic heterocycles. The predicted molar refractivity (Wildman–Crippen MR) is 74.0 cm³/mol. The number of rotatable bonds is 5. The van der Waals surface area contributed by atoms with Crippen LogP contribution in [0.1, 0.15) is 12.5 Å². The monoisotopic (exact) mass is 259 g/mol. The molecule has 0 saturated heterocycles. The second-order valence-electron chi connectivity index (χ2n) is 3.99. The Morgan fingerprint density at radius 2 is 2.00 bits per heavy atom. The number of nitrogens with zero attached hydrogens (tertiary/aromatic N) is 4. The van der Waals surface area contributed by atoms with Gasteiger partial charge in [-0.25, -0.2) is 4.98 Å². The first-order valence-electron chi connectivity index (χ1n) is 6.04. The number of anilines is 2. The lowest BCUT2D eigenvalue weighted by atomic mass is 10.2. The van der Waals surface area contributed by atoms with Gasteiger partial charge in [-0.2, -0.15) is 4.98 Å². The fourth-order valence-corrected chi connectivity index (χ4v) is 1.83. The van der Waals surface area contributed by atoms with Gasteiger partial charge in [0.1, 0.15) is 12.0 Å². The Balaban J connectivity index is 2.27. The molecule has 2 rings (SSSR count). The summed E-state index contributed by atoms with van der Waals surface area (Å²) in [6.45, 7) is 3.55. The Hall–Kier alpha value is -2.37. The Bertz CT molecular complexity index is 532. The summed E-state index contributed by atoms with van der Waals surface area (Å²) in [4.78, 5) is 14.3. The maximum Gasteiger partial charge on any atom is 0.242 e. The van der Waals surface area contributed by atoms with E-state index in [0.717, 1.165) is 12.1 Å². The van der Waals surface area contributed by atoms with Crippen LogP contribution in [0.4, 0.5) is 11.5 Å². The third kappa shape index (κ3) is 2.90. The van der Waals surface area contributed by atoms with Crippen LogP contribution in [0.2, 0.25) is 0 Å². The van der Waals surface area contributed by atoms with E-state index in [2.05, 4.69) is 26.8 Å². The van der Waals surface area contributed by atoms with E-state index in [1.165, 1.54) is 6.33 Å². The highest BCUT2D eigenvalue weighted by atomic mass is 16.5. The van der Waals surface area contributed by atoms with Crippen molar-refractivity contribution in [2.24, 2.45) is 0 Å². The van der Waals surface area contributed by atoms with Crippen LogP contribution in [-0.2, 0) is 6.54 Å². The lowest BCUT2D eigenvalue weighted by molar-refractivity contribution is 0.399. The van der Waals surface area contributed by atoms with Gasteiger partial charge in [-0.3, -0.25) is 4.98 Å². The van der Waals surface area contributed by atoms with Gasteiger partial charge < -0.3 is 15.4 Å². The number of aromatic nitrogens is 3. The van der Waals surface area contributed by atoms with Gasteiger partial charge in [0, 0.05) is 25.5 Å². The number of nitrogen functional groups attached to an aromatic ring is 1. The summed E-state index contributed by atoms with van der Waals surface area (Å²) >= 11 is 0. The van der Waals surface area contributed by atoms with E-state index in [1.54, 1.807) is 19.5 Å². The lowest BCUT2D eigenvalue weighted by Gasteiger charge is -2.23. The smallest absolute Gasteiger partial charge is 0.242 e. The van der Waals surface area contributed by atoms with Crippen LogP contribution >= 0.6 is 0 Å². The molecular weight excluding hydrogens is 242 g/mol. The standard InChI is InChI=1S/C13H17N5O/c1-3-18(8-10-4-6-15-7-5-10)12-11(14)13(19-2)17-9-16-12/h4-7,9H,3,8,14H2,1-2H3. The van der Waals surface area contributed by atoms with E-state index in [1.807, 2.05) is 12.1 Å². The summed E-state index contributed by atoms with van der Waals surface area (Å²) in [5, 5.41) is 0. The predicted octanol–water partition coefficient (Wildman–Crippen LogP) is 1.49. The fraction of sp³-hybridized carbons (Fsp3) is 0.308. The minimum Gasteiger partial charge on any atom is -0.479 e. The van der Waals surface area contributed by atoms with Crippen molar-refractivity contribution in [3.05, 3.63) is 36.4 Å². The minimum atomic E-state index is 0.401. The van der Waals surface area contributed by atoms with E-state index in [-0.39, 0.29) is 0 Å². The molecule has 2 aromatic rings. The first-order chi connectivity index (χ1) is 9.26. The van der Waals surface area contributed by atoms with Crippen molar-refractivity contribution in [2.75, 3.05) is 24.3 Å². The Morgan fingerprint density at radius 1 is 1.26 bits per heavy atom. The van der Waals surface area contributed by atoms with Crippen molar-refractivity contribution in [3.8, 4) is 5.88 Å². The second kappa shape index (κ2) is 5.99. The molecule has 2 N–H and O–H groups in total. The van der Waals surface area contributed by atoms with E-state index < -0.39 is 0 Å². The van der Waals surface area contributed by atoms with Gasteiger partial charge in [-0.05, 0) is 24.6 Å².